The molecule has 0 aromatic heterocycles. The molecule has 0 heterocycles. The molecule has 1 aromatic carbocycles. The van der Waals surface area contributed by atoms with E-state index in [0.29, 0.717) is 28.9 Å². The van der Waals surface area contributed by atoms with E-state index < -0.39 is 5.97 Å². The molecule has 3 nitrogen and oxygen atoms in total. The van der Waals surface area contributed by atoms with Crippen LogP contribution in [-0.2, 0) is 4.79 Å². The average Bonchev–Trinajstić information content (AvgIpc) is 2.25. The van der Waals surface area contributed by atoms with E-state index in [0.717, 1.165) is 6.08 Å². The minimum absolute atomic E-state index is 0.499. The monoisotopic (exact) mass is 266 g/mol. The molecule has 4 heteroatoms. The Labute approximate surface area is 111 Å². The molecule has 0 bridgehead atoms. The highest BCUT2D eigenvalue weighted by Crippen LogP contribution is 2.31. The van der Waals surface area contributed by atoms with Crippen molar-refractivity contribution in [2.75, 3.05) is 6.61 Å². The molecule has 0 spiro atoms. The lowest BCUT2D eigenvalue weighted by Gasteiger charge is -2.25. The summed E-state index contributed by atoms with van der Waals surface area (Å²) in [5, 5.41) is 9.15. The zero-order valence-electron chi connectivity index (χ0n) is 9.93. The molecule has 0 saturated heterocycles. The number of carboxylic acids is 1. The van der Waals surface area contributed by atoms with Crippen molar-refractivity contribution < 1.29 is 14.6 Å². The summed E-state index contributed by atoms with van der Waals surface area (Å²) in [6, 6.07) is 5.34. The van der Waals surface area contributed by atoms with Gasteiger partial charge >= 0.3 is 5.97 Å². The SMILES string of the molecule is O=C(O)/C=C/c1c(Cl)cccc1OCC1CCC1. The minimum atomic E-state index is -1.00. The smallest absolute Gasteiger partial charge is 0.328 e. The number of aliphatic carboxylic acids is 1. The van der Waals surface area contributed by atoms with Crippen molar-refractivity contribution >= 4 is 23.6 Å². The van der Waals surface area contributed by atoms with Crippen LogP contribution < -0.4 is 4.74 Å². The highest BCUT2D eigenvalue weighted by atomic mass is 35.5. The van der Waals surface area contributed by atoms with Crippen molar-refractivity contribution in [1.82, 2.24) is 0 Å². The molecular formula is C14H15ClO3. The quantitative estimate of drug-likeness (QED) is 0.828. The van der Waals surface area contributed by atoms with Crippen molar-refractivity contribution in [2.24, 2.45) is 5.92 Å². The summed E-state index contributed by atoms with van der Waals surface area (Å²) in [6.07, 6.45) is 6.23. The van der Waals surface area contributed by atoms with Crippen LogP contribution in [0, 0.1) is 5.92 Å². The van der Waals surface area contributed by atoms with Crippen LogP contribution in [0.4, 0.5) is 0 Å². The molecule has 1 fully saturated rings. The molecule has 0 unspecified atom stereocenters. The lowest BCUT2D eigenvalue weighted by Crippen LogP contribution is -2.19. The molecule has 1 aliphatic rings. The molecule has 18 heavy (non-hydrogen) atoms. The predicted molar refractivity (Wildman–Crippen MR) is 71.0 cm³/mol. The van der Waals surface area contributed by atoms with E-state index >= 15 is 0 Å². The molecule has 1 aromatic rings. The average molecular weight is 267 g/mol. The van der Waals surface area contributed by atoms with Gasteiger partial charge in [0, 0.05) is 11.6 Å². The molecule has 0 aliphatic heterocycles. The number of ether oxygens (including phenoxy) is 1. The number of carbonyl (C=O) groups is 1. The summed E-state index contributed by atoms with van der Waals surface area (Å²) in [4.78, 5) is 10.5. The summed E-state index contributed by atoms with van der Waals surface area (Å²) < 4.78 is 5.73. The number of benzene rings is 1. The summed E-state index contributed by atoms with van der Waals surface area (Å²) in [6.45, 7) is 0.675. The lowest BCUT2D eigenvalue weighted by molar-refractivity contribution is -0.131. The van der Waals surface area contributed by atoms with Gasteiger partial charge in [0.15, 0.2) is 0 Å². The third-order valence-corrected chi connectivity index (χ3v) is 3.43. The van der Waals surface area contributed by atoms with Crippen LogP contribution in [0.2, 0.25) is 5.02 Å². The fourth-order valence-electron chi connectivity index (χ4n) is 1.83. The summed E-state index contributed by atoms with van der Waals surface area (Å²) >= 11 is 6.05. The summed E-state index contributed by atoms with van der Waals surface area (Å²) in [7, 11) is 0. The molecule has 2 rings (SSSR count). The van der Waals surface area contributed by atoms with E-state index in [1.807, 2.05) is 6.07 Å². The first-order chi connectivity index (χ1) is 8.66. The van der Waals surface area contributed by atoms with E-state index in [9.17, 15) is 4.79 Å². The van der Waals surface area contributed by atoms with E-state index in [1.54, 1.807) is 12.1 Å². The Hall–Kier alpha value is -1.48. The van der Waals surface area contributed by atoms with Gasteiger partial charge in [-0.05, 0) is 37.0 Å². The summed E-state index contributed by atoms with van der Waals surface area (Å²) in [5.41, 5.74) is 0.626. The Balaban J connectivity index is 2.11. The van der Waals surface area contributed by atoms with Gasteiger partial charge in [-0.15, -0.1) is 0 Å². The van der Waals surface area contributed by atoms with Crippen molar-refractivity contribution in [3.05, 3.63) is 34.9 Å². The van der Waals surface area contributed by atoms with Gasteiger partial charge in [0.05, 0.1) is 11.6 Å². The molecule has 1 N–H and O–H groups in total. The van der Waals surface area contributed by atoms with E-state index in [-0.39, 0.29) is 0 Å². The Morgan fingerprint density at radius 1 is 1.50 bits per heavy atom. The highest BCUT2D eigenvalue weighted by molar-refractivity contribution is 6.32. The van der Waals surface area contributed by atoms with E-state index in [1.165, 1.54) is 25.3 Å². The first-order valence-corrected chi connectivity index (χ1v) is 6.37. The van der Waals surface area contributed by atoms with Crippen molar-refractivity contribution in [3.63, 3.8) is 0 Å². The molecule has 96 valence electrons. The minimum Gasteiger partial charge on any atom is -0.493 e. The Morgan fingerprint density at radius 2 is 2.28 bits per heavy atom. The number of halogens is 1. The third kappa shape index (κ3) is 3.26. The van der Waals surface area contributed by atoms with Crippen LogP contribution >= 0.6 is 11.6 Å². The largest absolute Gasteiger partial charge is 0.493 e. The lowest BCUT2D eigenvalue weighted by atomic mass is 9.86. The number of hydrogen-bond donors (Lipinski definition) is 1. The van der Waals surface area contributed by atoms with E-state index in [2.05, 4.69) is 0 Å². The normalized spacial score (nSPS) is 15.6. The maximum atomic E-state index is 10.5. The second-order valence-electron chi connectivity index (χ2n) is 4.43. The molecule has 0 atom stereocenters. The third-order valence-electron chi connectivity index (χ3n) is 3.10. The maximum Gasteiger partial charge on any atom is 0.328 e. The zero-order valence-corrected chi connectivity index (χ0v) is 10.7. The summed E-state index contributed by atoms with van der Waals surface area (Å²) in [5.74, 6) is 0.270. The van der Waals surface area contributed by atoms with E-state index in [4.69, 9.17) is 21.4 Å². The van der Waals surface area contributed by atoms with Gasteiger partial charge in [-0.3, -0.25) is 0 Å². The maximum absolute atomic E-state index is 10.5. The molecule has 0 amide bonds. The van der Waals surface area contributed by atoms with Crippen LogP contribution in [-0.4, -0.2) is 17.7 Å². The highest BCUT2D eigenvalue weighted by Gasteiger charge is 2.18. The van der Waals surface area contributed by atoms with Crippen LogP contribution in [0.5, 0.6) is 5.75 Å². The Morgan fingerprint density at radius 3 is 2.89 bits per heavy atom. The molecule has 1 aliphatic carbocycles. The van der Waals surface area contributed by atoms with Gasteiger partial charge in [0.25, 0.3) is 0 Å². The molecule has 0 radical (unpaired) electrons. The number of carboxylic acid groups (broad SMARTS) is 1. The first kappa shape index (κ1) is 13.0. The topological polar surface area (TPSA) is 46.5 Å². The fraction of sp³-hybridized carbons (Fsp3) is 0.357. The first-order valence-electron chi connectivity index (χ1n) is 5.99. The Bertz CT molecular complexity index is 464. The van der Waals surface area contributed by atoms with Gasteiger partial charge in [0.2, 0.25) is 0 Å². The number of rotatable bonds is 5. The second kappa shape index (κ2) is 5.91. The Kier molecular flexibility index (Phi) is 4.26. The fourth-order valence-corrected chi connectivity index (χ4v) is 2.06. The van der Waals surface area contributed by atoms with Gasteiger partial charge in [-0.1, -0.05) is 24.1 Å². The van der Waals surface area contributed by atoms with Crippen molar-refractivity contribution in [1.29, 1.82) is 0 Å². The van der Waals surface area contributed by atoms with Crippen molar-refractivity contribution in [2.45, 2.75) is 19.3 Å². The molecular weight excluding hydrogens is 252 g/mol. The van der Waals surface area contributed by atoms with Gasteiger partial charge in [-0.2, -0.15) is 0 Å². The van der Waals surface area contributed by atoms with Gasteiger partial charge in [-0.25, -0.2) is 4.79 Å². The van der Waals surface area contributed by atoms with Gasteiger partial charge < -0.3 is 9.84 Å². The number of hydrogen-bond acceptors (Lipinski definition) is 2. The van der Waals surface area contributed by atoms with Crippen LogP contribution in [0.3, 0.4) is 0 Å². The second-order valence-corrected chi connectivity index (χ2v) is 4.84. The van der Waals surface area contributed by atoms with Gasteiger partial charge in [0.1, 0.15) is 5.75 Å². The van der Waals surface area contributed by atoms with Crippen LogP contribution in [0.1, 0.15) is 24.8 Å². The standard InChI is InChI=1S/C14H15ClO3/c15-12-5-2-6-13(11(12)7-8-14(16)17)18-9-10-3-1-4-10/h2,5-8,10H,1,3-4,9H2,(H,16,17)/b8-7+. The van der Waals surface area contributed by atoms with Crippen molar-refractivity contribution in [3.8, 4) is 5.75 Å². The van der Waals surface area contributed by atoms with Crippen LogP contribution in [0.15, 0.2) is 24.3 Å². The zero-order chi connectivity index (χ0) is 13.0. The van der Waals surface area contributed by atoms with Crippen LogP contribution in [0.25, 0.3) is 6.08 Å². The predicted octanol–water partition coefficient (Wildman–Crippen LogP) is 3.62. The molecule has 1 saturated carbocycles.